The molecule has 1 aromatic carbocycles. The SMILES string of the molecule is CCc1cc(S(=O)(=O)Nc2noc3cc(Cn4cc(CNC(=O)OC)cn4)cc(OC)c23)c(OC)cn1. The quantitative estimate of drug-likeness (QED) is 0.312. The second-order valence-electron chi connectivity index (χ2n) is 7.88. The third-order valence-corrected chi connectivity index (χ3v) is 6.82. The average Bonchev–Trinajstić information content (AvgIpc) is 3.52. The molecule has 0 fully saturated rings. The van der Waals surface area contributed by atoms with E-state index in [0.29, 0.717) is 35.4 Å². The predicted octanol–water partition coefficient (Wildman–Crippen LogP) is 2.70. The van der Waals surface area contributed by atoms with Crippen molar-refractivity contribution in [3.63, 3.8) is 0 Å². The van der Waals surface area contributed by atoms with E-state index in [1.54, 1.807) is 29.2 Å². The van der Waals surface area contributed by atoms with E-state index >= 15 is 0 Å². The molecule has 3 heterocycles. The molecule has 0 bridgehead atoms. The van der Waals surface area contributed by atoms with Crippen LogP contribution in [0.2, 0.25) is 0 Å². The lowest BCUT2D eigenvalue weighted by Crippen LogP contribution is -2.21. The number of methoxy groups -OCH3 is 3. The van der Waals surface area contributed by atoms with Crippen LogP contribution in [0.5, 0.6) is 11.5 Å². The molecule has 0 aliphatic carbocycles. The molecule has 2 N–H and O–H groups in total. The number of nitrogens with one attached hydrogen (secondary N) is 2. The van der Waals surface area contributed by atoms with Crippen molar-refractivity contribution in [3.8, 4) is 11.5 Å². The molecule has 196 valence electrons. The zero-order valence-electron chi connectivity index (χ0n) is 20.6. The highest BCUT2D eigenvalue weighted by Crippen LogP contribution is 2.35. The number of hydrogen-bond acceptors (Lipinski definition) is 10. The number of sulfonamides is 1. The van der Waals surface area contributed by atoms with Crippen LogP contribution in [0, 0.1) is 0 Å². The number of carbonyl (C=O) groups excluding carboxylic acids is 1. The maximum atomic E-state index is 13.2. The molecular formula is C23H26N6O7S. The van der Waals surface area contributed by atoms with Crippen LogP contribution in [0.4, 0.5) is 10.6 Å². The van der Waals surface area contributed by atoms with Crippen molar-refractivity contribution in [3.05, 3.63) is 53.6 Å². The van der Waals surface area contributed by atoms with Gasteiger partial charge in [-0.3, -0.25) is 14.4 Å². The van der Waals surface area contributed by atoms with Gasteiger partial charge in [-0.25, -0.2) is 13.2 Å². The van der Waals surface area contributed by atoms with Crippen molar-refractivity contribution in [2.75, 3.05) is 26.1 Å². The lowest BCUT2D eigenvalue weighted by Gasteiger charge is -2.12. The molecule has 0 saturated heterocycles. The molecule has 0 aliphatic heterocycles. The molecule has 0 atom stereocenters. The number of alkyl carbamates (subject to hydrolysis) is 1. The summed E-state index contributed by atoms with van der Waals surface area (Å²) in [5, 5.41) is 11.2. The van der Waals surface area contributed by atoms with Gasteiger partial charge in [-0.15, -0.1) is 0 Å². The van der Waals surface area contributed by atoms with E-state index in [2.05, 4.69) is 30.0 Å². The number of amides is 1. The smallest absolute Gasteiger partial charge is 0.407 e. The number of aryl methyl sites for hydroxylation is 1. The van der Waals surface area contributed by atoms with Gasteiger partial charge >= 0.3 is 6.09 Å². The van der Waals surface area contributed by atoms with Gasteiger partial charge in [-0.2, -0.15) is 5.10 Å². The van der Waals surface area contributed by atoms with E-state index in [4.69, 9.17) is 14.0 Å². The van der Waals surface area contributed by atoms with E-state index in [1.807, 2.05) is 6.92 Å². The summed E-state index contributed by atoms with van der Waals surface area (Å²) in [6, 6.07) is 4.92. The number of fused-ring (bicyclic) bond motifs is 1. The number of rotatable bonds is 10. The summed E-state index contributed by atoms with van der Waals surface area (Å²) in [6.07, 6.45) is 4.79. The van der Waals surface area contributed by atoms with Crippen molar-refractivity contribution in [1.29, 1.82) is 0 Å². The molecular weight excluding hydrogens is 504 g/mol. The van der Waals surface area contributed by atoms with Crippen LogP contribution in [-0.2, 0) is 34.3 Å². The number of ether oxygens (including phenoxy) is 3. The third-order valence-electron chi connectivity index (χ3n) is 5.46. The minimum atomic E-state index is -4.09. The molecule has 4 aromatic rings. The van der Waals surface area contributed by atoms with Crippen molar-refractivity contribution in [1.82, 2.24) is 25.2 Å². The lowest BCUT2D eigenvalue weighted by atomic mass is 10.1. The monoisotopic (exact) mass is 530 g/mol. The Morgan fingerprint density at radius 2 is 1.86 bits per heavy atom. The molecule has 3 aromatic heterocycles. The third kappa shape index (κ3) is 5.58. The zero-order valence-corrected chi connectivity index (χ0v) is 21.5. The first kappa shape index (κ1) is 25.8. The molecule has 0 saturated carbocycles. The summed E-state index contributed by atoms with van der Waals surface area (Å²) < 4.78 is 51.3. The van der Waals surface area contributed by atoms with E-state index < -0.39 is 16.1 Å². The van der Waals surface area contributed by atoms with Crippen molar-refractivity contribution < 1.29 is 31.9 Å². The maximum absolute atomic E-state index is 13.2. The zero-order chi connectivity index (χ0) is 26.6. The molecule has 0 unspecified atom stereocenters. The Morgan fingerprint density at radius 1 is 1.08 bits per heavy atom. The first-order valence-electron chi connectivity index (χ1n) is 11.1. The fraction of sp³-hybridized carbons (Fsp3) is 0.304. The predicted molar refractivity (Wildman–Crippen MR) is 132 cm³/mol. The van der Waals surface area contributed by atoms with Crippen molar-refractivity contribution >= 4 is 32.9 Å². The Morgan fingerprint density at radius 3 is 2.57 bits per heavy atom. The van der Waals surface area contributed by atoms with Gasteiger partial charge in [0.1, 0.15) is 16.0 Å². The van der Waals surface area contributed by atoms with Gasteiger partial charge in [-0.1, -0.05) is 12.1 Å². The van der Waals surface area contributed by atoms with E-state index in [0.717, 1.165) is 11.1 Å². The summed E-state index contributed by atoms with van der Waals surface area (Å²) in [5.41, 5.74) is 2.47. The minimum absolute atomic E-state index is 0.0226. The van der Waals surface area contributed by atoms with Crippen LogP contribution in [-0.4, -0.2) is 55.8 Å². The van der Waals surface area contributed by atoms with E-state index in [-0.39, 0.29) is 23.0 Å². The molecule has 13 nitrogen and oxygen atoms in total. The van der Waals surface area contributed by atoms with Crippen molar-refractivity contribution in [2.45, 2.75) is 31.3 Å². The topological polar surface area (TPSA) is 160 Å². The van der Waals surface area contributed by atoms with Gasteiger partial charge in [0.25, 0.3) is 10.0 Å². The van der Waals surface area contributed by atoms with E-state index in [9.17, 15) is 13.2 Å². The first-order valence-corrected chi connectivity index (χ1v) is 12.6. The highest BCUT2D eigenvalue weighted by molar-refractivity contribution is 7.92. The summed E-state index contributed by atoms with van der Waals surface area (Å²) in [7, 11) is 0.0384. The molecule has 4 rings (SSSR count). The second kappa shape index (κ2) is 10.7. The number of hydrogen-bond donors (Lipinski definition) is 2. The summed E-state index contributed by atoms with van der Waals surface area (Å²) in [6.45, 7) is 2.50. The van der Waals surface area contributed by atoms with Crippen LogP contribution in [0.25, 0.3) is 11.0 Å². The number of benzene rings is 1. The Bertz CT molecular complexity index is 1530. The number of nitrogens with zero attached hydrogens (tertiary/aromatic N) is 4. The molecule has 0 radical (unpaired) electrons. The average molecular weight is 531 g/mol. The van der Waals surface area contributed by atoms with Crippen LogP contribution in [0.1, 0.15) is 23.7 Å². The normalized spacial score (nSPS) is 11.4. The number of anilines is 1. The van der Waals surface area contributed by atoms with Crippen LogP contribution >= 0.6 is 0 Å². The highest BCUT2D eigenvalue weighted by Gasteiger charge is 2.25. The molecule has 1 amide bonds. The Kier molecular flexibility index (Phi) is 7.47. The Labute approximate surface area is 212 Å². The first-order chi connectivity index (χ1) is 17.8. The molecule has 0 spiro atoms. The Balaban J connectivity index is 1.60. The maximum Gasteiger partial charge on any atom is 0.407 e. The van der Waals surface area contributed by atoms with Gasteiger partial charge in [-0.05, 0) is 30.2 Å². The van der Waals surface area contributed by atoms with Gasteiger partial charge < -0.3 is 24.1 Å². The van der Waals surface area contributed by atoms with Crippen molar-refractivity contribution in [2.24, 2.45) is 0 Å². The molecule has 37 heavy (non-hydrogen) atoms. The van der Waals surface area contributed by atoms with Crippen LogP contribution in [0.3, 0.4) is 0 Å². The standard InChI is InChI=1S/C23H26N6O7S/c1-5-16-8-20(19(34-3)11-24-16)37(31,32)28-22-21-17(33-2)6-14(7-18(21)36-27-22)12-29-13-15(10-26-29)9-25-23(30)35-4/h6-8,10-11,13H,5,9,12H2,1-4H3,(H,25,30)(H,27,28). The van der Waals surface area contributed by atoms with Gasteiger partial charge in [0.05, 0.1) is 40.3 Å². The highest BCUT2D eigenvalue weighted by atomic mass is 32.2. The van der Waals surface area contributed by atoms with Crippen LogP contribution in [0.15, 0.2) is 46.2 Å². The lowest BCUT2D eigenvalue weighted by molar-refractivity contribution is 0.170. The van der Waals surface area contributed by atoms with E-state index in [1.165, 1.54) is 33.6 Å². The summed E-state index contributed by atoms with van der Waals surface area (Å²) >= 11 is 0. The second-order valence-corrected chi connectivity index (χ2v) is 9.53. The summed E-state index contributed by atoms with van der Waals surface area (Å²) in [4.78, 5) is 15.4. The van der Waals surface area contributed by atoms with Gasteiger partial charge in [0.15, 0.2) is 17.2 Å². The van der Waals surface area contributed by atoms with Crippen LogP contribution < -0.4 is 19.5 Å². The number of carbonyl (C=O) groups is 1. The molecule has 14 heteroatoms. The largest absolute Gasteiger partial charge is 0.496 e. The van der Waals surface area contributed by atoms with Gasteiger partial charge in [0, 0.05) is 24.0 Å². The fourth-order valence-corrected chi connectivity index (χ4v) is 4.83. The van der Waals surface area contributed by atoms with Gasteiger partial charge in [0.2, 0.25) is 0 Å². The minimum Gasteiger partial charge on any atom is -0.496 e. The fourth-order valence-electron chi connectivity index (χ4n) is 3.63. The summed E-state index contributed by atoms with van der Waals surface area (Å²) in [5.74, 6) is 0.444. The number of pyridine rings is 1. The Hall–Kier alpha value is -4.33. The molecule has 0 aliphatic rings. The number of aromatic nitrogens is 4.